The van der Waals surface area contributed by atoms with Crippen LogP contribution in [0.3, 0.4) is 0 Å². The molecule has 1 heterocycles. The molecule has 1 aromatic rings. The first-order valence-corrected chi connectivity index (χ1v) is 7.15. The van der Waals surface area contributed by atoms with Crippen LogP contribution >= 0.6 is 0 Å². The number of aryl methyl sites for hydroxylation is 1. The Balaban J connectivity index is 2.58. The number of hydrogen-bond acceptors (Lipinski definition) is 3. The number of hydrogen-bond donors (Lipinski definition) is 0. The van der Waals surface area contributed by atoms with Crippen molar-refractivity contribution in [3.8, 4) is 0 Å². The van der Waals surface area contributed by atoms with Gasteiger partial charge < -0.3 is 4.74 Å². The van der Waals surface area contributed by atoms with E-state index >= 15 is 0 Å². The molecule has 1 aromatic carbocycles. The van der Waals surface area contributed by atoms with E-state index in [9.17, 15) is 8.42 Å². The summed E-state index contributed by atoms with van der Waals surface area (Å²) in [6, 6.07) is 5.59. The van der Waals surface area contributed by atoms with Gasteiger partial charge >= 0.3 is 0 Å². The van der Waals surface area contributed by atoms with Gasteiger partial charge in [0.2, 0.25) is 0 Å². The smallest absolute Gasteiger partial charge is 0.179 e. The van der Waals surface area contributed by atoms with Crippen LogP contribution in [0.1, 0.15) is 30.6 Å². The molecule has 1 atom stereocenters. The van der Waals surface area contributed by atoms with Crippen LogP contribution in [0.25, 0.3) is 0 Å². The second-order valence-electron chi connectivity index (χ2n) is 4.04. The average molecular weight is 240 g/mol. The van der Waals surface area contributed by atoms with Crippen molar-refractivity contribution in [2.45, 2.75) is 31.3 Å². The molecule has 3 nitrogen and oxygen atoms in total. The second-order valence-corrected chi connectivity index (χ2v) is 6.09. The minimum atomic E-state index is -3.10. The molecule has 4 heteroatoms. The molecule has 0 spiro atoms. The lowest BCUT2D eigenvalue weighted by Gasteiger charge is -2.26. The summed E-state index contributed by atoms with van der Waals surface area (Å²) in [5.74, 6) is 0.190. The summed E-state index contributed by atoms with van der Waals surface area (Å²) in [5, 5.41) is 0. The molecule has 0 bridgehead atoms. The Morgan fingerprint density at radius 1 is 1.44 bits per heavy atom. The fourth-order valence-corrected chi connectivity index (χ4v) is 4.09. The third kappa shape index (κ3) is 1.87. The normalized spacial score (nSPS) is 22.8. The van der Waals surface area contributed by atoms with Crippen LogP contribution in [-0.2, 0) is 14.6 Å². The highest BCUT2D eigenvalue weighted by Crippen LogP contribution is 2.36. The molecule has 0 saturated heterocycles. The van der Waals surface area contributed by atoms with Crippen molar-refractivity contribution < 1.29 is 13.2 Å². The maximum Gasteiger partial charge on any atom is 0.179 e. The van der Waals surface area contributed by atoms with Crippen molar-refractivity contribution in [3.63, 3.8) is 0 Å². The lowest BCUT2D eigenvalue weighted by Crippen LogP contribution is -2.22. The van der Waals surface area contributed by atoms with Gasteiger partial charge in [-0.2, -0.15) is 0 Å². The minimum Gasteiger partial charge on any atom is -0.374 e. The molecule has 0 N–H and O–H groups in total. The lowest BCUT2D eigenvalue weighted by molar-refractivity contribution is 0.0566. The van der Waals surface area contributed by atoms with E-state index in [-0.39, 0.29) is 11.9 Å². The van der Waals surface area contributed by atoms with Gasteiger partial charge in [-0.3, -0.25) is 0 Å². The van der Waals surface area contributed by atoms with Gasteiger partial charge in [-0.15, -0.1) is 0 Å². The van der Waals surface area contributed by atoms with Crippen LogP contribution in [0.2, 0.25) is 0 Å². The monoisotopic (exact) mass is 240 g/mol. The first-order chi connectivity index (χ1) is 7.56. The van der Waals surface area contributed by atoms with E-state index in [1.807, 2.05) is 32.0 Å². The van der Waals surface area contributed by atoms with E-state index in [0.29, 0.717) is 17.9 Å². The van der Waals surface area contributed by atoms with Gasteiger partial charge in [-0.05, 0) is 31.4 Å². The molecule has 2 rings (SSSR count). The molecule has 1 unspecified atom stereocenters. The highest BCUT2D eigenvalue weighted by molar-refractivity contribution is 7.91. The van der Waals surface area contributed by atoms with Crippen molar-refractivity contribution >= 4 is 9.84 Å². The fourth-order valence-electron chi connectivity index (χ4n) is 2.25. The Kier molecular flexibility index (Phi) is 3.04. The first kappa shape index (κ1) is 11.6. The third-order valence-electron chi connectivity index (χ3n) is 2.92. The molecular formula is C12H16O3S. The van der Waals surface area contributed by atoms with Crippen molar-refractivity contribution in [1.82, 2.24) is 0 Å². The zero-order chi connectivity index (χ0) is 11.8. The second kappa shape index (κ2) is 4.18. The molecule has 1 aliphatic heterocycles. The fraction of sp³-hybridized carbons (Fsp3) is 0.500. The van der Waals surface area contributed by atoms with Gasteiger partial charge in [0.15, 0.2) is 9.84 Å². The van der Waals surface area contributed by atoms with E-state index < -0.39 is 9.84 Å². The van der Waals surface area contributed by atoms with Gasteiger partial charge in [-0.25, -0.2) is 8.42 Å². The molecule has 0 amide bonds. The van der Waals surface area contributed by atoms with Gasteiger partial charge in [0.05, 0.1) is 16.8 Å². The van der Waals surface area contributed by atoms with Gasteiger partial charge in [0, 0.05) is 6.61 Å². The molecular weight excluding hydrogens is 224 g/mol. The van der Waals surface area contributed by atoms with Crippen LogP contribution in [0.15, 0.2) is 23.1 Å². The van der Waals surface area contributed by atoms with E-state index in [0.717, 1.165) is 11.1 Å². The quantitative estimate of drug-likeness (QED) is 0.796. The number of sulfone groups is 1. The Hall–Kier alpha value is -0.870. The zero-order valence-electron chi connectivity index (χ0n) is 9.56. The van der Waals surface area contributed by atoms with Crippen LogP contribution in [0.4, 0.5) is 0 Å². The largest absolute Gasteiger partial charge is 0.374 e. The summed E-state index contributed by atoms with van der Waals surface area (Å²) in [6.07, 6.45) is 0.496. The summed E-state index contributed by atoms with van der Waals surface area (Å²) in [5.41, 5.74) is 1.65. The van der Waals surface area contributed by atoms with Gasteiger partial charge in [-0.1, -0.05) is 18.2 Å². The summed E-state index contributed by atoms with van der Waals surface area (Å²) in [6.45, 7) is 4.38. The molecule has 1 aliphatic rings. The number of benzene rings is 1. The maximum absolute atomic E-state index is 12.0. The summed E-state index contributed by atoms with van der Waals surface area (Å²) >= 11 is 0. The number of fused-ring (bicyclic) bond motifs is 1. The van der Waals surface area contributed by atoms with E-state index in [1.165, 1.54) is 0 Å². The lowest BCUT2D eigenvalue weighted by atomic mass is 10.0. The topological polar surface area (TPSA) is 43.4 Å². The molecule has 0 saturated carbocycles. The molecule has 0 radical (unpaired) electrons. The predicted octanol–water partition coefficient (Wildman–Crippen LogP) is 2.25. The molecule has 88 valence electrons. The molecule has 0 aliphatic carbocycles. The van der Waals surface area contributed by atoms with E-state index in [2.05, 4.69) is 0 Å². The van der Waals surface area contributed by atoms with Crippen LogP contribution in [0, 0.1) is 6.92 Å². The van der Waals surface area contributed by atoms with E-state index in [1.54, 1.807) is 0 Å². The number of ether oxygens (including phenoxy) is 1. The van der Waals surface area contributed by atoms with E-state index in [4.69, 9.17) is 4.74 Å². The first-order valence-electron chi connectivity index (χ1n) is 5.50. The molecule has 0 fully saturated rings. The summed E-state index contributed by atoms with van der Waals surface area (Å²) in [4.78, 5) is 0.486. The summed E-state index contributed by atoms with van der Waals surface area (Å²) in [7, 11) is -3.10. The van der Waals surface area contributed by atoms with Gasteiger partial charge in [0.1, 0.15) is 0 Å². The Morgan fingerprint density at radius 3 is 2.88 bits per heavy atom. The van der Waals surface area contributed by atoms with Crippen molar-refractivity contribution in [3.05, 3.63) is 29.3 Å². The van der Waals surface area contributed by atoms with Crippen LogP contribution in [0.5, 0.6) is 0 Å². The Labute approximate surface area is 96.4 Å². The standard InChI is InChI=1S/C12H16O3S/c1-3-15-11-7-8-16(13,14)12-9(2)5-4-6-10(11)12/h4-6,11H,3,7-8H2,1-2H3. The summed E-state index contributed by atoms with van der Waals surface area (Å²) < 4.78 is 29.6. The van der Waals surface area contributed by atoms with Crippen LogP contribution in [-0.4, -0.2) is 20.8 Å². The zero-order valence-corrected chi connectivity index (χ0v) is 10.4. The number of rotatable bonds is 2. The predicted molar refractivity (Wildman–Crippen MR) is 62.2 cm³/mol. The maximum atomic E-state index is 12.0. The van der Waals surface area contributed by atoms with Crippen LogP contribution < -0.4 is 0 Å². The molecule has 0 aromatic heterocycles. The van der Waals surface area contributed by atoms with Crippen molar-refractivity contribution in [2.24, 2.45) is 0 Å². The molecule has 16 heavy (non-hydrogen) atoms. The van der Waals surface area contributed by atoms with Crippen molar-refractivity contribution in [1.29, 1.82) is 0 Å². The van der Waals surface area contributed by atoms with Crippen molar-refractivity contribution in [2.75, 3.05) is 12.4 Å². The Morgan fingerprint density at radius 2 is 2.19 bits per heavy atom. The third-order valence-corrected chi connectivity index (χ3v) is 4.87. The SMILES string of the molecule is CCOC1CCS(=O)(=O)c2c(C)cccc21. The highest BCUT2D eigenvalue weighted by atomic mass is 32.2. The highest BCUT2D eigenvalue weighted by Gasteiger charge is 2.31. The minimum absolute atomic E-state index is 0.0663. The Bertz CT molecular complexity index is 491. The van der Waals surface area contributed by atoms with Gasteiger partial charge in [0.25, 0.3) is 0 Å². The average Bonchev–Trinajstić information content (AvgIpc) is 2.22.